The van der Waals surface area contributed by atoms with Crippen LogP contribution in [0.15, 0.2) is 29.2 Å². The number of alkyl halides is 2. The zero-order valence-corrected chi connectivity index (χ0v) is 12.9. The van der Waals surface area contributed by atoms with E-state index in [1.54, 1.807) is 0 Å². The second-order valence-corrected chi connectivity index (χ2v) is 6.55. The number of thioether (sulfide) groups is 1. The zero-order valence-electron chi connectivity index (χ0n) is 12.0. The average Bonchev–Trinajstić information content (AvgIpc) is 2.46. The second kappa shape index (κ2) is 7.09. The Balaban J connectivity index is 2.08. The van der Waals surface area contributed by atoms with Crippen molar-refractivity contribution in [2.75, 3.05) is 13.1 Å². The molecule has 2 unspecified atom stereocenters. The first-order chi connectivity index (χ1) is 10.4. The van der Waals surface area contributed by atoms with Gasteiger partial charge >= 0.3 is 5.97 Å². The quantitative estimate of drug-likeness (QED) is 0.862. The first-order valence-corrected chi connectivity index (χ1v) is 7.81. The normalized spacial score (nSPS) is 21.9. The van der Waals surface area contributed by atoms with Gasteiger partial charge in [-0.15, -0.1) is 0 Å². The number of benzene rings is 1. The van der Waals surface area contributed by atoms with Crippen molar-refractivity contribution < 1.29 is 23.5 Å². The van der Waals surface area contributed by atoms with Crippen molar-refractivity contribution in [3.05, 3.63) is 29.8 Å². The lowest BCUT2D eigenvalue weighted by molar-refractivity contribution is -0.143. The van der Waals surface area contributed by atoms with E-state index in [-0.39, 0.29) is 18.4 Å². The van der Waals surface area contributed by atoms with Crippen LogP contribution >= 0.6 is 11.8 Å². The number of hydrogen-bond donors (Lipinski definition) is 1. The molecule has 0 bridgehead atoms. The minimum Gasteiger partial charge on any atom is -0.481 e. The molecular formula is C15H17F2NO3S. The van der Waals surface area contributed by atoms with Gasteiger partial charge in [-0.05, 0) is 36.6 Å². The van der Waals surface area contributed by atoms with Gasteiger partial charge in [-0.3, -0.25) is 9.59 Å². The molecule has 2 atom stereocenters. The molecule has 0 aliphatic carbocycles. The van der Waals surface area contributed by atoms with E-state index in [0.717, 1.165) is 0 Å². The van der Waals surface area contributed by atoms with Gasteiger partial charge < -0.3 is 10.0 Å². The Morgan fingerprint density at radius 2 is 1.91 bits per heavy atom. The van der Waals surface area contributed by atoms with Gasteiger partial charge in [0.15, 0.2) is 0 Å². The Kier molecular flexibility index (Phi) is 5.39. The van der Waals surface area contributed by atoms with Crippen molar-refractivity contribution in [3.63, 3.8) is 0 Å². The third kappa shape index (κ3) is 4.19. The summed E-state index contributed by atoms with van der Waals surface area (Å²) >= 11 is 0.423. The molecule has 1 N–H and O–H groups in total. The number of nitrogens with zero attached hydrogens (tertiary/aromatic N) is 1. The molecule has 0 aromatic heterocycles. The summed E-state index contributed by atoms with van der Waals surface area (Å²) in [6.45, 7) is 2.61. The Labute approximate surface area is 131 Å². The lowest BCUT2D eigenvalue weighted by atomic mass is 9.90. The summed E-state index contributed by atoms with van der Waals surface area (Å²) in [4.78, 5) is 25.5. The van der Waals surface area contributed by atoms with Gasteiger partial charge in [0.1, 0.15) is 0 Å². The smallest absolute Gasteiger partial charge is 0.308 e. The van der Waals surface area contributed by atoms with E-state index in [9.17, 15) is 18.4 Å². The molecule has 1 aromatic rings. The molecule has 2 rings (SSSR count). The number of piperidine rings is 1. The SMILES string of the molecule is CC1CC(C(=O)O)CN(C(=O)c2ccc(SC(F)F)cc2)C1. The lowest BCUT2D eigenvalue weighted by Crippen LogP contribution is -2.45. The molecule has 1 saturated heterocycles. The van der Waals surface area contributed by atoms with Crippen molar-refractivity contribution in [2.24, 2.45) is 11.8 Å². The standard InChI is InChI=1S/C15H17F2NO3S/c1-9-6-11(14(20)21)8-18(7-9)13(19)10-2-4-12(5-3-10)22-15(16)17/h2-5,9,11,15H,6-8H2,1H3,(H,20,21). The number of carboxylic acid groups (broad SMARTS) is 1. The molecule has 1 aliphatic heterocycles. The fraction of sp³-hybridized carbons (Fsp3) is 0.467. The first-order valence-electron chi connectivity index (χ1n) is 6.93. The fourth-order valence-corrected chi connectivity index (χ4v) is 3.16. The molecule has 1 heterocycles. The van der Waals surface area contributed by atoms with Crippen LogP contribution in [0.25, 0.3) is 0 Å². The summed E-state index contributed by atoms with van der Waals surface area (Å²) in [6.07, 6.45) is 0.559. The van der Waals surface area contributed by atoms with Crippen molar-refractivity contribution in [1.29, 1.82) is 0 Å². The maximum absolute atomic E-state index is 12.4. The minimum atomic E-state index is -2.50. The van der Waals surface area contributed by atoms with E-state index < -0.39 is 17.6 Å². The summed E-state index contributed by atoms with van der Waals surface area (Å²) in [5, 5.41) is 9.13. The first kappa shape index (κ1) is 16.7. The van der Waals surface area contributed by atoms with Crippen molar-refractivity contribution in [2.45, 2.75) is 24.0 Å². The number of carbonyl (C=O) groups excluding carboxylic acids is 1. The summed E-state index contributed by atoms with van der Waals surface area (Å²) in [6, 6.07) is 5.96. The molecule has 1 aliphatic rings. The minimum absolute atomic E-state index is 0.118. The van der Waals surface area contributed by atoms with Crippen LogP contribution in [-0.2, 0) is 4.79 Å². The van der Waals surface area contributed by atoms with Crippen LogP contribution in [0, 0.1) is 11.8 Å². The molecule has 1 aromatic carbocycles. The monoisotopic (exact) mass is 329 g/mol. The Bertz CT molecular complexity index is 550. The number of amides is 1. The number of halogens is 2. The molecular weight excluding hydrogens is 312 g/mol. The summed E-state index contributed by atoms with van der Waals surface area (Å²) < 4.78 is 24.5. The molecule has 1 amide bonds. The molecule has 0 spiro atoms. The van der Waals surface area contributed by atoms with E-state index in [1.165, 1.54) is 29.2 Å². The highest BCUT2D eigenvalue weighted by molar-refractivity contribution is 7.99. The third-order valence-corrected chi connectivity index (χ3v) is 4.35. The van der Waals surface area contributed by atoms with Crippen molar-refractivity contribution in [3.8, 4) is 0 Å². The molecule has 7 heteroatoms. The average molecular weight is 329 g/mol. The lowest BCUT2D eigenvalue weighted by Gasteiger charge is -2.34. The summed E-state index contributed by atoms with van der Waals surface area (Å²) in [5.41, 5.74) is 0.386. The van der Waals surface area contributed by atoms with Gasteiger partial charge in [-0.1, -0.05) is 18.7 Å². The van der Waals surface area contributed by atoms with Crippen LogP contribution in [0.5, 0.6) is 0 Å². The molecule has 1 fully saturated rings. The van der Waals surface area contributed by atoms with E-state index >= 15 is 0 Å². The number of hydrogen-bond acceptors (Lipinski definition) is 3. The van der Waals surface area contributed by atoms with Crippen LogP contribution in [0.3, 0.4) is 0 Å². The van der Waals surface area contributed by atoms with Crippen LogP contribution in [0.4, 0.5) is 8.78 Å². The molecule has 0 saturated carbocycles. The van der Waals surface area contributed by atoms with E-state index in [4.69, 9.17) is 5.11 Å². The van der Waals surface area contributed by atoms with Crippen LogP contribution < -0.4 is 0 Å². The molecule has 120 valence electrons. The number of aliphatic carboxylic acids is 1. The van der Waals surface area contributed by atoms with Crippen molar-refractivity contribution >= 4 is 23.6 Å². The Morgan fingerprint density at radius 3 is 2.45 bits per heavy atom. The summed E-state index contributed by atoms with van der Waals surface area (Å²) in [7, 11) is 0. The topological polar surface area (TPSA) is 57.6 Å². The largest absolute Gasteiger partial charge is 0.481 e. The van der Waals surface area contributed by atoms with E-state index in [2.05, 4.69) is 0 Å². The predicted molar refractivity (Wildman–Crippen MR) is 79.1 cm³/mol. The number of carboxylic acids is 1. The highest BCUT2D eigenvalue weighted by Crippen LogP contribution is 2.27. The molecule has 0 radical (unpaired) electrons. The van der Waals surface area contributed by atoms with Gasteiger partial charge in [0.2, 0.25) is 0 Å². The highest BCUT2D eigenvalue weighted by Gasteiger charge is 2.32. The van der Waals surface area contributed by atoms with Crippen LogP contribution in [-0.4, -0.2) is 40.7 Å². The predicted octanol–water partition coefficient (Wildman–Crippen LogP) is 3.18. The van der Waals surface area contributed by atoms with E-state index in [1.807, 2.05) is 6.92 Å². The van der Waals surface area contributed by atoms with Gasteiger partial charge in [-0.2, -0.15) is 8.78 Å². The maximum atomic E-state index is 12.4. The highest BCUT2D eigenvalue weighted by atomic mass is 32.2. The van der Waals surface area contributed by atoms with Crippen molar-refractivity contribution in [1.82, 2.24) is 4.90 Å². The Hall–Kier alpha value is -1.63. The fourth-order valence-electron chi connectivity index (χ4n) is 2.66. The maximum Gasteiger partial charge on any atom is 0.308 e. The van der Waals surface area contributed by atoms with E-state index in [0.29, 0.717) is 35.2 Å². The number of rotatable bonds is 4. The van der Waals surface area contributed by atoms with Gasteiger partial charge in [0, 0.05) is 23.5 Å². The van der Waals surface area contributed by atoms with Crippen LogP contribution in [0.1, 0.15) is 23.7 Å². The number of likely N-dealkylation sites (tertiary alicyclic amines) is 1. The van der Waals surface area contributed by atoms with Gasteiger partial charge in [0.05, 0.1) is 5.92 Å². The number of carbonyl (C=O) groups is 2. The summed E-state index contributed by atoms with van der Waals surface area (Å²) in [5.74, 6) is -4.09. The van der Waals surface area contributed by atoms with Crippen LogP contribution in [0.2, 0.25) is 0 Å². The second-order valence-electron chi connectivity index (χ2n) is 5.49. The third-order valence-electron chi connectivity index (χ3n) is 3.62. The molecule has 4 nitrogen and oxygen atoms in total. The van der Waals surface area contributed by atoms with Gasteiger partial charge in [-0.25, -0.2) is 0 Å². The Morgan fingerprint density at radius 1 is 1.27 bits per heavy atom. The molecule has 22 heavy (non-hydrogen) atoms. The zero-order chi connectivity index (χ0) is 16.3. The van der Waals surface area contributed by atoms with Gasteiger partial charge in [0.25, 0.3) is 11.7 Å².